The third-order valence-electron chi connectivity index (χ3n) is 5.65. The number of nitrogens with one attached hydrogen (secondary N) is 2. The minimum atomic E-state index is -0.192. The second kappa shape index (κ2) is 9.96. The van der Waals surface area contributed by atoms with Gasteiger partial charge in [0.15, 0.2) is 6.04 Å². The van der Waals surface area contributed by atoms with E-state index in [0.29, 0.717) is 0 Å². The topological polar surface area (TPSA) is 57.1 Å². The van der Waals surface area contributed by atoms with E-state index >= 15 is 0 Å². The van der Waals surface area contributed by atoms with E-state index in [2.05, 4.69) is 16.3 Å². The molecule has 0 spiro atoms. The fourth-order valence-electron chi connectivity index (χ4n) is 3.79. The molecule has 0 aliphatic carbocycles. The molecule has 6 nitrogen and oxygen atoms in total. The number of rotatable bonds is 6. The van der Waals surface area contributed by atoms with Gasteiger partial charge in [-0.3, -0.25) is 9.59 Å². The number of likely N-dealkylation sites (N-methyl/N-ethyl adjacent to an activating group) is 1. The van der Waals surface area contributed by atoms with Crippen LogP contribution >= 0.6 is 11.6 Å². The maximum atomic E-state index is 12.9. The number of hydrogen-bond donors (Lipinski definition) is 2. The summed E-state index contributed by atoms with van der Waals surface area (Å²) in [6.45, 7) is 7.44. The highest BCUT2D eigenvalue weighted by molar-refractivity contribution is 6.30. The van der Waals surface area contributed by atoms with Crippen molar-refractivity contribution in [2.24, 2.45) is 0 Å². The molecule has 0 aromatic heterocycles. The number of nitrogens with zero attached hydrogens (tertiary/aromatic N) is 2. The molecule has 3 rings (SSSR count). The first-order valence-electron chi connectivity index (χ1n) is 10.3. The molecule has 1 saturated heterocycles. The van der Waals surface area contributed by atoms with Gasteiger partial charge in [0.1, 0.15) is 0 Å². The number of aryl methyl sites for hydroxylation is 1. The lowest BCUT2D eigenvalue weighted by molar-refractivity contribution is -0.915. The van der Waals surface area contributed by atoms with E-state index in [4.69, 9.17) is 11.6 Å². The zero-order chi connectivity index (χ0) is 21.7. The summed E-state index contributed by atoms with van der Waals surface area (Å²) in [6.07, 6.45) is 0. The number of benzene rings is 2. The van der Waals surface area contributed by atoms with Gasteiger partial charge in [-0.25, -0.2) is 0 Å². The van der Waals surface area contributed by atoms with Crippen molar-refractivity contribution in [1.29, 1.82) is 0 Å². The fraction of sp³-hybridized carbons (Fsp3) is 0.391. The standard InChI is InChI=1S/C23H29ClN4O2/c1-17-7-9-20(10-8-17)25-22(29)16-26(3)23(30)18(2)27-11-13-28(14-12-27)21-6-4-5-19(24)15-21/h4-10,15,18H,11-14,16H2,1-3H3,(H,25,29)/p+1/t18-/m0/s1. The van der Waals surface area contributed by atoms with Crippen molar-refractivity contribution >= 4 is 34.8 Å². The van der Waals surface area contributed by atoms with Gasteiger partial charge in [0, 0.05) is 23.4 Å². The first-order chi connectivity index (χ1) is 14.3. The van der Waals surface area contributed by atoms with E-state index in [-0.39, 0.29) is 24.4 Å². The summed E-state index contributed by atoms with van der Waals surface area (Å²) in [7, 11) is 1.69. The van der Waals surface area contributed by atoms with Crippen LogP contribution in [0.15, 0.2) is 48.5 Å². The van der Waals surface area contributed by atoms with Crippen molar-refractivity contribution in [3.63, 3.8) is 0 Å². The quantitative estimate of drug-likeness (QED) is 0.736. The SMILES string of the molecule is Cc1ccc(NC(=O)CN(C)C(=O)[C@H](C)[NH+]2CCN(c3cccc(Cl)c3)CC2)cc1. The lowest BCUT2D eigenvalue weighted by Gasteiger charge is -2.36. The molecule has 30 heavy (non-hydrogen) atoms. The van der Waals surface area contributed by atoms with Crippen LogP contribution in [0.3, 0.4) is 0 Å². The maximum Gasteiger partial charge on any atom is 0.280 e. The number of carbonyl (C=O) groups excluding carboxylic acids is 2. The molecule has 1 aliphatic rings. The Hall–Kier alpha value is -2.57. The summed E-state index contributed by atoms with van der Waals surface area (Å²) in [4.78, 5) is 30.2. The monoisotopic (exact) mass is 429 g/mol. The van der Waals surface area contributed by atoms with Gasteiger partial charge in [-0.1, -0.05) is 35.4 Å². The van der Waals surface area contributed by atoms with Crippen molar-refractivity contribution < 1.29 is 14.5 Å². The average molecular weight is 430 g/mol. The van der Waals surface area contributed by atoms with Gasteiger partial charge in [-0.2, -0.15) is 0 Å². The second-order valence-corrected chi connectivity index (χ2v) is 8.39. The summed E-state index contributed by atoms with van der Waals surface area (Å²) in [6, 6.07) is 15.3. The number of quaternary nitrogens is 1. The molecule has 2 amide bonds. The van der Waals surface area contributed by atoms with Crippen LogP contribution in [0.25, 0.3) is 0 Å². The van der Waals surface area contributed by atoms with Crippen LogP contribution in [0.4, 0.5) is 11.4 Å². The maximum absolute atomic E-state index is 12.9. The molecule has 2 N–H and O–H groups in total. The van der Waals surface area contributed by atoms with Crippen LogP contribution in [0.5, 0.6) is 0 Å². The second-order valence-electron chi connectivity index (χ2n) is 7.96. The zero-order valence-corrected chi connectivity index (χ0v) is 18.6. The van der Waals surface area contributed by atoms with Crippen LogP contribution in [0.1, 0.15) is 12.5 Å². The Labute approximate surface area is 183 Å². The molecule has 1 heterocycles. The van der Waals surface area contributed by atoms with Crippen molar-refractivity contribution in [2.45, 2.75) is 19.9 Å². The van der Waals surface area contributed by atoms with E-state index in [1.54, 1.807) is 7.05 Å². The van der Waals surface area contributed by atoms with Gasteiger partial charge in [0.2, 0.25) is 5.91 Å². The van der Waals surface area contributed by atoms with Crippen LogP contribution in [0, 0.1) is 6.92 Å². The summed E-state index contributed by atoms with van der Waals surface area (Å²) < 4.78 is 0. The molecule has 0 radical (unpaired) electrons. The van der Waals surface area contributed by atoms with Gasteiger partial charge >= 0.3 is 0 Å². The van der Waals surface area contributed by atoms with E-state index in [0.717, 1.165) is 48.1 Å². The first kappa shape index (κ1) is 22.1. The normalized spacial score (nSPS) is 15.5. The van der Waals surface area contributed by atoms with Crippen LogP contribution in [-0.4, -0.2) is 62.5 Å². The Balaban J connectivity index is 1.48. The van der Waals surface area contributed by atoms with Crippen molar-refractivity contribution in [1.82, 2.24) is 4.90 Å². The molecule has 0 bridgehead atoms. The molecular weight excluding hydrogens is 400 g/mol. The fourth-order valence-corrected chi connectivity index (χ4v) is 3.98. The minimum absolute atomic E-state index is 0.0136. The molecule has 1 fully saturated rings. The Kier molecular flexibility index (Phi) is 7.34. The molecule has 1 atom stereocenters. The Morgan fingerprint density at radius 1 is 1.17 bits per heavy atom. The smallest absolute Gasteiger partial charge is 0.280 e. The van der Waals surface area contributed by atoms with E-state index in [1.165, 1.54) is 9.80 Å². The summed E-state index contributed by atoms with van der Waals surface area (Å²) in [5, 5.41) is 3.58. The predicted molar refractivity (Wildman–Crippen MR) is 121 cm³/mol. The first-order valence-corrected chi connectivity index (χ1v) is 10.7. The van der Waals surface area contributed by atoms with Gasteiger partial charge in [0.05, 0.1) is 32.7 Å². The van der Waals surface area contributed by atoms with Gasteiger partial charge in [-0.15, -0.1) is 0 Å². The Morgan fingerprint density at radius 3 is 2.47 bits per heavy atom. The van der Waals surface area contributed by atoms with Crippen molar-refractivity contribution in [3.8, 4) is 0 Å². The number of amides is 2. The van der Waals surface area contributed by atoms with Gasteiger partial charge < -0.3 is 20.0 Å². The lowest BCUT2D eigenvalue weighted by Crippen LogP contribution is -3.19. The third kappa shape index (κ3) is 5.74. The summed E-state index contributed by atoms with van der Waals surface area (Å²) >= 11 is 6.10. The zero-order valence-electron chi connectivity index (χ0n) is 17.8. The molecular formula is C23H30ClN4O2+. The number of piperazine rings is 1. The number of hydrogen-bond acceptors (Lipinski definition) is 3. The molecule has 2 aromatic carbocycles. The Bertz CT molecular complexity index is 879. The Morgan fingerprint density at radius 2 is 1.83 bits per heavy atom. The largest absolute Gasteiger partial charge is 0.360 e. The number of carbonyl (C=O) groups is 2. The number of halogens is 1. The number of anilines is 2. The molecule has 0 saturated carbocycles. The lowest BCUT2D eigenvalue weighted by atomic mass is 10.2. The third-order valence-corrected chi connectivity index (χ3v) is 5.89. The average Bonchev–Trinajstić information content (AvgIpc) is 2.74. The van der Waals surface area contributed by atoms with Crippen molar-refractivity contribution in [2.75, 3.05) is 50.0 Å². The van der Waals surface area contributed by atoms with E-state index < -0.39 is 0 Å². The molecule has 0 unspecified atom stereocenters. The van der Waals surface area contributed by atoms with Crippen LogP contribution < -0.4 is 15.1 Å². The van der Waals surface area contributed by atoms with Gasteiger partial charge in [-0.05, 0) is 44.2 Å². The van der Waals surface area contributed by atoms with E-state index in [9.17, 15) is 9.59 Å². The predicted octanol–water partition coefficient (Wildman–Crippen LogP) is 1.84. The highest BCUT2D eigenvalue weighted by Crippen LogP contribution is 2.19. The van der Waals surface area contributed by atoms with E-state index in [1.807, 2.05) is 56.3 Å². The highest BCUT2D eigenvalue weighted by atomic mass is 35.5. The summed E-state index contributed by atoms with van der Waals surface area (Å²) in [5.41, 5.74) is 2.99. The van der Waals surface area contributed by atoms with Crippen LogP contribution in [-0.2, 0) is 9.59 Å². The molecule has 7 heteroatoms. The van der Waals surface area contributed by atoms with Gasteiger partial charge in [0.25, 0.3) is 5.91 Å². The highest BCUT2D eigenvalue weighted by Gasteiger charge is 2.31. The molecule has 2 aromatic rings. The van der Waals surface area contributed by atoms with Crippen LogP contribution in [0.2, 0.25) is 5.02 Å². The minimum Gasteiger partial charge on any atom is -0.360 e. The molecule has 1 aliphatic heterocycles. The van der Waals surface area contributed by atoms with Crippen molar-refractivity contribution in [3.05, 3.63) is 59.1 Å². The summed E-state index contributed by atoms with van der Waals surface area (Å²) in [5.74, 6) is -0.206. The molecule has 160 valence electrons.